The van der Waals surface area contributed by atoms with Crippen molar-refractivity contribution in [2.24, 2.45) is 17.1 Å². The van der Waals surface area contributed by atoms with E-state index in [-0.39, 0.29) is 17.6 Å². The molecule has 1 aromatic heterocycles. The summed E-state index contributed by atoms with van der Waals surface area (Å²) in [6.45, 7) is 6.54. The minimum Gasteiger partial charge on any atom is -0.373 e. The van der Waals surface area contributed by atoms with Crippen molar-refractivity contribution in [2.75, 3.05) is 7.11 Å². The fourth-order valence-electron chi connectivity index (χ4n) is 2.46. The molecule has 0 spiro atoms. The van der Waals surface area contributed by atoms with Crippen molar-refractivity contribution in [1.82, 2.24) is 10.1 Å². The van der Waals surface area contributed by atoms with E-state index in [4.69, 9.17) is 15.0 Å². The number of methoxy groups -OCH3 is 1. The average molecular weight is 267 g/mol. The number of hydrogen-bond acceptors (Lipinski definition) is 5. The molecule has 0 saturated heterocycles. The SMILES string of the molecule is COC(c1noc(CC(N)CC(C)(C)C)n1)C1CC1. The van der Waals surface area contributed by atoms with E-state index in [9.17, 15) is 0 Å². The molecule has 2 unspecified atom stereocenters. The van der Waals surface area contributed by atoms with Crippen LogP contribution in [0.15, 0.2) is 4.52 Å². The first-order valence-electron chi connectivity index (χ1n) is 7.00. The van der Waals surface area contributed by atoms with Crippen LogP contribution in [0.1, 0.15) is 57.9 Å². The molecule has 108 valence electrons. The first-order chi connectivity index (χ1) is 8.89. The Hall–Kier alpha value is -0.940. The highest BCUT2D eigenvalue weighted by Gasteiger charge is 2.35. The first kappa shape index (κ1) is 14.5. The molecule has 1 aliphatic rings. The van der Waals surface area contributed by atoms with E-state index < -0.39 is 0 Å². The third kappa shape index (κ3) is 4.28. The second kappa shape index (κ2) is 5.59. The van der Waals surface area contributed by atoms with Crippen molar-refractivity contribution >= 4 is 0 Å². The molecule has 0 bridgehead atoms. The Kier molecular flexibility index (Phi) is 4.26. The van der Waals surface area contributed by atoms with Crippen LogP contribution in [-0.2, 0) is 11.2 Å². The maximum atomic E-state index is 6.12. The van der Waals surface area contributed by atoms with Crippen molar-refractivity contribution < 1.29 is 9.26 Å². The number of nitrogens with zero attached hydrogens (tertiary/aromatic N) is 2. The predicted octanol–water partition coefficient (Wildman–Crippen LogP) is 2.47. The van der Waals surface area contributed by atoms with Crippen LogP contribution >= 0.6 is 0 Å². The van der Waals surface area contributed by atoms with Gasteiger partial charge in [0.15, 0.2) is 0 Å². The largest absolute Gasteiger partial charge is 0.373 e. The molecule has 2 N–H and O–H groups in total. The summed E-state index contributed by atoms with van der Waals surface area (Å²) in [4.78, 5) is 4.43. The maximum absolute atomic E-state index is 6.12. The lowest BCUT2D eigenvalue weighted by molar-refractivity contribution is 0.0751. The summed E-state index contributed by atoms with van der Waals surface area (Å²) in [5, 5.41) is 4.03. The maximum Gasteiger partial charge on any atom is 0.228 e. The Balaban J connectivity index is 1.93. The second-order valence-electron chi connectivity index (χ2n) is 6.77. The standard InChI is InChI=1S/C14H25N3O2/c1-14(2,3)8-10(15)7-11-16-13(17-19-11)12(18-4)9-5-6-9/h9-10,12H,5-8,15H2,1-4H3. The molecule has 1 fully saturated rings. The van der Waals surface area contributed by atoms with E-state index in [1.807, 2.05) is 0 Å². The lowest BCUT2D eigenvalue weighted by atomic mass is 9.87. The van der Waals surface area contributed by atoms with Gasteiger partial charge in [-0.25, -0.2) is 0 Å². The summed E-state index contributed by atoms with van der Waals surface area (Å²) in [6, 6.07) is 0.0511. The van der Waals surface area contributed by atoms with Gasteiger partial charge in [0.05, 0.1) is 0 Å². The minimum absolute atomic E-state index is 0.0173. The Morgan fingerprint density at radius 1 is 1.42 bits per heavy atom. The molecule has 19 heavy (non-hydrogen) atoms. The number of hydrogen-bond donors (Lipinski definition) is 1. The number of aromatic nitrogens is 2. The lowest BCUT2D eigenvalue weighted by Gasteiger charge is -2.21. The molecule has 1 saturated carbocycles. The van der Waals surface area contributed by atoms with Gasteiger partial charge in [-0.1, -0.05) is 25.9 Å². The third-order valence-corrected chi connectivity index (χ3v) is 3.35. The molecule has 1 aromatic rings. The van der Waals surface area contributed by atoms with Crippen LogP contribution < -0.4 is 5.73 Å². The molecule has 2 rings (SSSR count). The van der Waals surface area contributed by atoms with Gasteiger partial charge >= 0.3 is 0 Å². The van der Waals surface area contributed by atoms with Gasteiger partial charge < -0.3 is 15.0 Å². The highest BCUT2D eigenvalue weighted by molar-refractivity contribution is 4.99. The second-order valence-corrected chi connectivity index (χ2v) is 6.77. The number of nitrogens with two attached hydrogens (primary N) is 1. The van der Waals surface area contributed by atoms with Gasteiger partial charge in [0.1, 0.15) is 6.10 Å². The number of ether oxygens (including phenoxy) is 1. The van der Waals surface area contributed by atoms with E-state index in [0.717, 1.165) is 6.42 Å². The Bertz CT molecular complexity index is 407. The Morgan fingerprint density at radius 2 is 2.11 bits per heavy atom. The highest BCUT2D eigenvalue weighted by atomic mass is 16.5. The van der Waals surface area contributed by atoms with Crippen molar-refractivity contribution in [3.05, 3.63) is 11.7 Å². The quantitative estimate of drug-likeness (QED) is 0.857. The molecule has 1 heterocycles. The molecule has 5 nitrogen and oxygen atoms in total. The fourth-order valence-corrected chi connectivity index (χ4v) is 2.46. The first-order valence-corrected chi connectivity index (χ1v) is 7.00. The van der Waals surface area contributed by atoms with Gasteiger partial charge in [-0.2, -0.15) is 4.98 Å². The average Bonchev–Trinajstić information content (AvgIpc) is 2.99. The van der Waals surface area contributed by atoms with Gasteiger partial charge in [0, 0.05) is 19.6 Å². The van der Waals surface area contributed by atoms with E-state index in [2.05, 4.69) is 30.9 Å². The van der Waals surface area contributed by atoms with Crippen LogP contribution in [-0.4, -0.2) is 23.3 Å². The van der Waals surface area contributed by atoms with Gasteiger partial charge in [-0.05, 0) is 30.6 Å². The summed E-state index contributed by atoms with van der Waals surface area (Å²) >= 11 is 0. The van der Waals surface area contributed by atoms with Gasteiger partial charge in [0.2, 0.25) is 11.7 Å². The van der Waals surface area contributed by atoms with Crippen LogP contribution in [0.4, 0.5) is 0 Å². The van der Waals surface area contributed by atoms with E-state index in [0.29, 0.717) is 24.1 Å². The van der Waals surface area contributed by atoms with Gasteiger partial charge in [0.25, 0.3) is 0 Å². The zero-order chi connectivity index (χ0) is 14.0. The van der Waals surface area contributed by atoms with Crippen molar-refractivity contribution in [2.45, 2.75) is 58.6 Å². The molecule has 2 atom stereocenters. The molecule has 1 aliphatic carbocycles. The monoisotopic (exact) mass is 267 g/mol. The van der Waals surface area contributed by atoms with Crippen LogP contribution in [0.25, 0.3) is 0 Å². The zero-order valence-corrected chi connectivity index (χ0v) is 12.3. The summed E-state index contributed by atoms with van der Waals surface area (Å²) in [5.41, 5.74) is 6.34. The molecule has 0 aromatic carbocycles. The number of rotatable bonds is 6. The van der Waals surface area contributed by atoms with Crippen molar-refractivity contribution in [3.63, 3.8) is 0 Å². The topological polar surface area (TPSA) is 74.2 Å². The van der Waals surface area contributed by atoms with E-state index in [1.165, 1.54) is 12.8 Å². The lowest BCUT2D eigenvalue weighted by Crippen LogP contribution is -2.28. The minimum atomic E-state index is -0.0173. The fraction of sp³-hybridized carbons (Fsp3) is 0.857. The third-order valence-electron chi connectivity index (χ3n) is 3.35. The molecular weight excluding hydrogens is 242 g/mol. The van der Waals surface area contributed by atoms with E-state index in [1.54, 1.807) is 7.11 Å². The molecule has 0 aliphatic heterocycles. The van der Waals surface area contributed by atoms with Gasteiger partial charge in [-0.3, -0.25) is 0 Å². The van der Waals surface area contributed by atoms with Crippen LogP contribution in [0.2, 0.25) is 0 Å². The Morgan fingerprint density at radius 3 is 2.63 bits per heavy atom. The Labute approximate surface area is 114 Å². The molecular formula is C14H25N3O2. The summed E-state index contributed by atoms with van der Waals surface area (Å²) < 4.78 is 10.7. The van der Waals surface area contributed by atoms with Crippen LogP contribution in [0.3, 0.4) is 0 Å². The van der Waals surface area contributed by atoms with Gasteiger partial charge in [-0.15, -0.1) is 0 Å². The molecule has 0 amide bonds. The highest BCUT2D eigenvalue weighted by Crippen LogP contribution is 2.41. The summed E-state index contributed by atoms with van der Waals surface area (Å²) in [6.07, 6.45) is 3.92. The summed E-state index contributed by atoms with van der Waals surface area (Å²) in [7, 11) is 1.70. The van der Waals surface area contributed by atoms with Crippen LogP contribution in [0.5, 0.6) is 0 Å². The smallest absolute Gasteiger partial charge is 0.228 e. The molecule has 5 heteroatoms. The van der Waals surface area contributed by atoms with Crippen LogP contribution in [0, 0.1) is 11.3 Å². The van der Waals surface area contributed by atoms with E-state index >= 15 is 0 Å². The molecule has 0 radical (unpaired) electrons. The summed E-state index contributed by atoms with van der Waals surface area (Å²) in [5.74, 6) is 1.84. The van der Waals surface area contributed by atoms with Crippen molar-refractivity contribution in [3.8, 4) is 0 Å². The predicted molar refractivity (Wildman–Crippen MR) is 72.5 cm³/mol. The normalized spacial score (nSPS) is 19.4. The zero-order valence-electron chi connectivity index (χ0n) is 12.3. The van der Waals surface area contributed by atoms with Crippen molar-refractivity contribution in [1.29, 1.82) is 0 Å².